The molecule has 0 bridgehead atoms. The molecule has 0 aliphatic heterocycles. The zero-order chi connectivity index (χ0) is 15.6. The molecule has 2 rings (SSSR count). The molecule has 0 aliphatic carbocycles. The average Bonchev–Trinajstić information content (AvgIpc) is 2.95. The summed E-state index contributed by atoms with van der Waals surface area (Å²) in [4.78, 5) is 4.32. The third kappa shape index (κ3) is 3.11. The Kier molecular flexibility index (Phi) is 4.69. The Morgan fingerprint density at radius 1 is 1.24 bits per heavy atom. The number of rotatable bonds is 5. The molecule has 0 spiro atoms. The molecular formula is C14H18ClN3O3. The fraction of sp³-hybridized carbons (Fsp3) is 0.429. The second-order valence-electron chi connectivity index (χ2n) is 4.92. The van der Waals surface area contributed by atoms with Gasteiger partial charge in [0, 0.05) is 5.56 Å². The molecule has 1 atom stereocenters. The maximum absolute atomic E-state index is 6.17. The van der Waals surface area contributed by atoms with Gasteiger partial charge in [-0.25, -0.2) is 0 Å². The third-order valence-corrected chi connectivity index (χ3v) is 3.42. The number of halogens is 1. The number of hydrogen-bond acceptors (Lipinski definition) is 6. The molecule has 114 valence electrons. The van der Waals surface area contributed by atoms with Gasteiger partial charge in [-0.3, -0.25) is 0 Å². The Morgan fingerprint density at radius 3 is 2.52 bits per heavy atom. The fourth-order valence-electron chi connectivity index (χ4n) is 1.82. The topological polar surface area (TPSA) is 83.4 Å². The van der Waals surface area contributed by atoms with E-state index in [1.165, 1.54) is 14.2 Å². The van der Waals surface area contributed by atoms with Gasteiger partial charge >= 0.3 is 0 Å². The molecular weight excluding hydrogens is 294 g/mol. The zero-order valence-electron chi connectivity index (χ0n) is 12.4. The molecule has 7 heteroatoms. The van der Waals surface area contributed by atoms with Crippen LogP contribution in [0.25, 0.3) is 11.4 Å². The standard InChI is InChI=1S/C14H18ClN3O3/c1-7(2)11(16)14-17-13(18-21-14)8-5-9(15)12(20-4)10(6-8)19-3/h5-7,11H,16H2,1-4H3/t11-/m0/s1. The van der Waals surface area contributed by atoms with E-state index in [9.17, 15) is 0 Å². The quantitative estimate of drug-likeness (QED) is 0.913. The van der Waals surface area contributed by atoms with Crippen LogP contribution in [0.15, 0.2) is 16.7 Å². The van der Waals surface area contributed by atoms with Crippen molar-refractivity contribution in [2.45, 2.75) is 19.9 Å². The van der Waals surface area contributed by atoms with Crippen molar-refractivity contribution in [3.8, 4) is 22.9 Å². The lowest BCUT2D eigenvalue weighted by Crippen LogP contribution is -2.16. The molecule has 2 aromatic rings. The van der Waals surface area contributed by atoms with E-state index >= 15 is 0 Å². The highest BCUT2D eigenvalue weighted by Gasteiger charge is 2.20. The molecule has 0 aliphatic rings. The van der Waals surface area contributed by atoms with Gasteiger partial charge in [0.15, 0.2) is 11.5 Å². The summed E-state index contributed by atoms with van der Waals surface area (Å²) < 4.78 is 15.7. The molecule has 0 saturated carbocycles. The lowest BCUT2D eigenvalue weighted by atomic mass is 10.1. The number of methoxy groups -OCH3 is 2. The van der Waals surface area contributed by atoms with E-state index in [-0.39, 0.29) is 12.0 Å². The Labute approximate surface area is 128 Å². The first-order valence-corrected chi connectivity index (χ1v) is 6.86. The maximum atomic E-state index is 6.17. The normalized spacial score (nSPS) is 12.5. The predicted octanol–water partition coefficient (Wildman–Crippen LogP) is 3.06. The molecule has 21 heavy (non-hydrogen) atoms. The Morgan fingerprint density at radius 2 is 1.95 bits per heavy atom. The van der Waals surface area contributed by atoms with Gasteiger partial charge in [-0.2, -0.15) is 4.98 Å². The van der Waals surface area contributed by atoms with E-state index in [0.29, 0.717) is 33.8 Å². The molecule has 0 radical (unpaired) electrons. The van der Waals surface area contributed by atoms with Crippen LogP contribution >= 0.6 is 11.6 Å². The lowest BCUT2D eigenvalue weighted by Gasteiger charge is -2.10. The minimum Gasteiger partial charge on any atom is -0.493 e. The molecule has 0 amide bonds. The SMILES string of the molecule is COc1cc(-c2noc([C@@H](N)C(C)C)n2)cc(Cl)c1OC. The fourth-order valence-corrected chi connectivity index (χ4v) is 2.11. The van der Waals surface area contributed by atoms with E-state index in [1.807, 2.05) is 13.8 Å². The summed E-state index contributed by atoms with van der Waals surface area (Å²) in [7, 11) is 3.06. The highest BCUT2D eigenvalue weighted by atomic mass is 35.5. The highest BCUT2D eigenvalue weighted by Crippen LogP contribution is 2.38. The lowest BCUT2D eigenvalue weighted by molar-refractivity contribution is 0.325. The first-order valence-electron chi connectivity index (χ1n) is 6.49. The molecule has 6 nitrogen and oxygen atoms in total. The van der Waals surface area contributed by atoms with Gasteiger partial charge in [0.05, 0.1) is 25.3 Å². The van der Waals surface area contributed by atoms with Crippen LogP contribution < -0.4 is 15.2 Å². The zero-order valence-corrected chi connectivity index (χ0v) is 13.1. The Balaban J connectivity index is 2.41. The van der Waals surface area contributed by atoms with E-state index < -0.39 is 0 Å². The van der Waals surface area contributed by atoms with Crippen LogP contribution in [0, 0.1) is 5.92 Å². The number of hydrogen-bond donors (Lipinski definition) is 1. The van der Waals surface area contributed by atoms with Crippen molar-refractivity contribution in [3.63, 3.8) is 0 Å². The van der Waals surface area contributed by atoms with Crippen molar-refractivity contribution in [1.29, 1.82) is 0 Å². The summed E-state index contributed by atoms with van der Waals surface area (Å²) in [6.07, 6.45) is 0. The van der Waals surface area contributed by atoms with Crippen LogP contribution in [0.1, 0.15) is 25.8 Å². The minimum atomic E-state index is -0.304. The number of ether oxygens (including phenoxy) is 2. The van der Waals surface area contributed by atoms with Gasteiger partial charge < -0.3 is 19.7 Å². The largest absolute Gasteiger partial charge is 0.493 e. The highest BCUT2D eigenvalue weighted by molar-refractivity contribution is 6.32. The van der Waals surface area contributed by atoms with Gasteiger partial charge in [-0.1, -0.05) is 30.6 Å². The molecule has 1 aromatic heterocycles. The van der Waals surface area contributed by atoms with Crippen molar-refractivity contribution < 1.29 is 14.0 Å². The van der Waals surface area contributed by atoms with Crippen molar-refractivity contribution in [1.82, 2.24) is 10.1 Å². The summed E-state index contributed by atoms with van der Waals surface area (Å²) in [5.74, 6) is 1.96. The van der Waals surface area contributed by atoms with Gasteiger partial charge in [-0.05, 0) is 18.1 Å². The second kappa shape index (κ2) is 6.32. The second-order valence-corrected chi connectivity index (χ2v) is 5.33. The minimum absolute atomic E-state index is 0.201. The Bertz CT molecular complexity index is 628. The smallest absolute Gasteiger partial charge is 0.244 e. The average molecular weight is 312 g/mol. The van der Waals surface area contributed by atoms with Gasteiger partial charge in [0.2, 0.25) is 11.7 Å². The summed E-state index contributed by atoms with van der Waals surface area (Å²) in [5.41, 5.74) is 6.66. The van der Waals surface area contributed by atoms with Crippen molar-refractivity contribution in [3.05, 3.63) is 23.0 Å². The summed E-state index contributed by atoms with van der Waals surface area (Å²) in [5, 5.41) is 4.35. The van der Waals surface area contributed by atoms with Gasteiger partial charge in [0.25, 0.3) is 0 Å². The molecule has 0 saturated heterocycles. The van der Waals surface area contributed by atoms with Crippen LogP contribution in [-0.2, 0) is 0 Å². The van der Waals surface area contributed by atoms with Crippen LogP contribution in [0.4, 0.5) is 0 Å². The number of benzene rings is 1. The van der Waals surface area contributed by atoms with Crippen LogP contribution in [0.2, 0.25) is 5.02 Å². The molecule has 0 fully saturated rings. The van der Waals surface area contributed by atoms with Crippen molar-refractivity contribution in [2.75, 3.05) is 14.2 Å². The van der Waals surface area contributed by atoms with Crippen molar-refractivity contribution >= 4 is 11.6 Å². The first-order chi connectivity index (χ1) is 9.97. The van der Waals surface area contributed by atoms with Crippen molar-refractivity contribution in [2.24, 2.45) is 11.7 Å². The van der Waals surface area contributed by atoms with Crippen LogP contribution in [0.5, 0.6) is 11.5 Å². The summed E-state index contributed by atoms with van der Waals surface area (Å²) >= 11 is 6.17. The molecule has 1 aromatic carbocycles. The van der Waals surface area contributed by atoms with Gasteiger partial charge in [0.1, 0.15) is 0 Å². The molecule has 0 unspecified atom stereocenters. The maximum Gasteiger partial charge on any atom is 0.244 e. The van der Waals surface area contributed by atoms with E-state index in [1.54, 1.807) is 12.1 Å². The third-order valence-electron chi connectivity index (χ3n) is 3.14. The molecule has 1 heterocycles. The Hall–Kier alpha value is -1.79. The molecule has 2 N–H and O–H groups in total. The summed E-state index contributed by atoms with van der Waals surface area (Å²) in [6, 6.07) is 3.13. The van der Waals surface area contributed by atoms with E-state index in [0.717, 1.165) is 0 Å². The number of nitrogens with two attached hydrogens (primary N) is 1. The summed E-state index contributed by atoms with van der Waals surface area (Å²) in [6.45, 7) is 3.98. The monoisotopic (exact) mass is 311 g/mol. The number of aromatic nitrogens is 2. The predicted molar refractivity (Wildman–Crippen MR) is 79.6 cm³/mol. The number of nitrogens with zero attached hydrogens (tertiary/aromatic N) is 2. The van der Waals surface area contributed by atoms with E-state index in [2.05, 4.69) is 10.1 Å². The van der Waals surface area contributed by atoms with E-state index in [4.69, 9.17) is 31.3 Å². The van der Waals surface area contributed by atoms with Crippen LogP contribution in [0.3, 0.4) is 0 Å². The van der Waals surface area contributed by atoms with Gasteiger partial charge in [-0.15, -0.1) is 0 Å². The van der Waals surface area contributed by atoms with Crippen LogP contribution in [-0.4, -0.2) is 24.4 Å². The first kappa shape index (κ1) is 15.6.